The Morgan fingerprint density at radius 3 is 2.00 bits per heavy atom. The van der Waals surface area contributed by atoms with E-state index in [1.54, 1.807) is 0 Å². The summed E-state index contributed by atoms with van der Waals surface area (Å²) in [4.78, 5) is 0. The minimum Gasteiger partial charge on any atom is -0.127 e. The van der Waals surface area contributed by atoms with Crippen LogP contribution in [0.15, 0.2) is 0 Å². The van der Waals surface area contributed by atoms with Crippen LogP contribution in [0.1, 0.15) is 0 Å². The SMILES string of the molecule is CSP(C)I. The molecule has 0 heterocycles. The van der Waals surface area contributed by atoms with E-state index in [1.807, 2.05) is 11.4 Å². The van der Waals surface area contributed by atoms with Gasteiger partial charge in [-0.15, -0.1) is 11.4 Å². The third-order valence-corrected chi connectivity index (χ3v) is 5.81. The second-order valence-electron chi connectivity index (χ2n) is 0.603. The van der Waals surface area contributed by atoms with Gasteiger partial charge in [0.15, 0.2) is 0 Å². The van der Waals surface area contributed by atoms with E-state index in [-0.39, 0.29) is 4.77 Å². The van der Waals surface area contributed by atoms with Crippen molar-refractivity contribution in [1.82, 2.24) is 0 Å². The van der Waals surface area contributed by atoms with Gasteiger partial charge in [-0.3, -0.25) is 0 Å². The van der Waals surface area contributed by atoms with Crippen molar-refractivity contribution >= 4 is 38.2 Å². The second-order valence-corrected chi connectivity index (χ2v) is 10.9. The quantitative estimate of drug-likeness (QED) is 0.483. The van der Waals surface area contributed by atoms with Gasteiger partial charge in [0.2, 0.25) is 0 Å². The number of hydrogen-bond donors (Lipinski definition) is 0. The lowest BCUT2D eigenvalue weighted by Gasteiger charge is -1.88. The van der Waals surface area contributed by atoms with E-state index in [1.165, 1.54) is 0 Å². The van der Waals surface area contributed by atoms with Crippen molar-refractivity contribution in [2.45, 2.75) is 0 Å². The molecule has 0 aromatic heterocycles. The van der Waals surface area contributed by atoms with Crippen molar-refractivity contribution in [3.63, 3.8) is 0 Å². The first-order valence-corrected chi connectivity index (χ1v) is 7.61. The molecule has 0 rings (SSSR count). The van der Waals surface area contributed by atoms with Gasteiger partial charge >= 0.3 is 0 Å². The predicted molar refractivity (Wildman–Crippen MR) is 40.4 cm³/mol. The Labute approximate surface area is 51.1 Å². The van der Waals surface area contributed by atoms with Crippen LogP contribution < -0.4 is 0 Å². The maximum Gasteiger partial charge on any atom is 0.0150 e. The molecule has 0 spiro atoms. The predicted octanol–water partition coefficient (Wildman–Crippen LogP) is 2.73. The van der Waals surface area contributed by atoms with Crippen LogP contribution in [0, 0.1) is 0 Å². The normalized spacial score (nSPS) is 15.0. The molecule has 0 aliphatic rings. The van der Waals surface area contributed by atoms with Crippen molar-refractivity contribution in [2.24, 2.45) is 0 Å². The first-order valence-electron chi connectivity index (χ1n) is 1.21. The van der Waals surface area contributed by atoms with Gasteiger partial charge in [-0.05, 0) is 35.0 Å². The summed E-state index contributed by atoms with van der Waals surface area (Å²) in [6, 6.07) is 0. The van der Waals surface area contributed by atoms with E-state index in [0.717, 1.165) is 0 Å². The maximum atomic E-state index is 2.43. The van der Waals surface area contributed by atoms with Crippen LogP contribution in [-0.4, -0.2) is 12.9 Å². The highest BCUT2D eigenvalue weighted by molar-refractivity contribution is 14.2. The molecule has 0 saturated carbocycles. The fraction of sp³-hybridized carbons (Fsp3) is 1.00. The van der Waals surface area contributed by atoms with Crippen LogP contribution in [-0.2, 0) is 0 Å². The fourth-order valence-electron chi connectivity index (χ4n) is 0. The van der Waals surface area contributed by atoms with E-state index < -0.39 is 0 Å². The zero-order valence-electron chi connectivity index (χ0n) is 3.23. The highest BCUT2D eigenvalue weighted by Crippen LogP contribution is 2.51. The third-order valence-electron chi connectivity index (χ3n) is 0.252. The number of rotatable bonds is 1. The van der Waals surface area contributed by atoms with Crippen molar-refractivity contribution < 1.29 is 0 Å². The van der Waals surface area contributed by atoms with Gasteiger partial charge in [-0.25, -0.2) is 0 Å². The van der Waals surface area contributed by atoms with E-state index in [0.29, 0.717) is 0 Å². The molecule has 1 unspecified atom stereocenters. The van der Waals surface area contributed by atoms with Crippen LogP contribution >= 0.6 is 38.2 Å². The van der Waals surface area contributed by atoms with Gasteiger partial charge < -0.3 is 0 Å². The molecule has 0 fully saturated rings. The largest absolute Gasteiger partial charge is 0.127 e. The summed E-state index contributed by atoms with van der Waals surface area (Å²) in [5.41, 5.74) is 0. The Kier molecular flexibility index (Phi) is 4.81. The lowest BCUT2D eigenvalue weighted by molar-refractivity contribution is 2.48. The number of halogens is 1. The minimum absolute atomic E-state index is 0.288. The topological polar surface area (TPSA) is 0 Å². The summed E-state index contributed by atoms with van der Waals surface area (Å²) in [7, 11) is 0. The van der Waals surface area contributed by atoms with Gasteiger partial charge in [0.25, 0.3) is 0 Å². The molecule has 0 aromatic carbocycles. The summed E-state index contributed by atoms with van der Waals surface area (Å²) in [6.45, 7) is 2.24. The van der Waals surface area contributed by atoms with Gasteiger partial charge in [0.1, 0.15) is 0 Å². The molecule has 0 aliphatic carbocycles. The van der Waals surface area contributed by atoms with Crippen LogP contribution in [0.25, 0.3) is 0 Å². The van der Waals surface area contributed by atoms with Crippen LogP contribution in [0.4, 0.5) is 0 Å². The molecule has 5 heavy (non-hydrogen) atoms. The molecule has 0 aromatic rings. The van der Waals surface area contributed by atoms with Crippen molar-refractivity contribution in [1.29, 1.82) is 0 Å². The first kappa shape index (κ1) is 6.51. The molecule has 0 amide bonds. The fourth-order valence-corrected chi connectivity index (χ4v) is 0. The molecular formula is C2H6IPS. The molecule has 0 radical (unpaired) electrons. The zero-order chi connectivity index (χ0) is 4.28. The summed E-state index contributed by atoms with van der Waals surface area (Å²) in [6.07, 6.45) is 2.14. The van der Waals surface area contributed by atoms with Crippen LogP contribution in [0.5, 0.6) is 0 Å². The summed E-state index contributed by atoms with van der Waals surface area (Å²) >= 11 is 4.37. The molecular weight excluding hydrogens is 214 g/mol. The second kappa shape index (κ2) is 3.69. The Hall–Kier alpha value is 1.51. The minimum atomic E-state index is 0.288. The summed E-state index contributed by atoms with van der Waals surface area (Å²) < 4.78 is 0.288. The Morgan fingerprint density at radius 2 is 2.00 bits per heavy atom. The molecule has 0 nitrogen and oxygen atoms in total. The van der Waals surface area contributed by atoms with E-state index >= 15 is 0 Å². The molecule has 0 aliphatic heterocycles. The van der Waals surface area contributed by atoms with Crippen molar-refractivity contribution in [3.8, 4) is 0 Å². The lowest BCUT2D eigenvalue weighted by atomic mass is 12.0. The Bertz CT molecular complexity index is 23.6. The van der Waals surface area contributed by atoms with Gasteiger partial charge in [-0.1, -0.05) is 0 Å². The lowest BCUT2D eigenvalue weighted by Crippen LogP contribution is -1.35. The monoisotopic (exact) mass is 220 g/mol. The first-order chi connectivity index (χ1) is 2.27. The van der Waals surface area contributed by atoms with E-state index in [4.69, 9.17) is 0 Å². The van der Waals surface area contributed by atoms with Crippen LogP contribution in [0.3, 0.4) is 0 Å². The average Bonchev–Trinajstić information content (AvgIpc) is 1.38. The van der Waals surface area contributed by atoms with Crippen LogP contribution in [0.2, 0.25) is 0 Å². The molecule has 0 N–H and O–H groups in total. The molecule has 1 atom stereocenters. The Balaban J connectivity index is 2.54. The Morgan fingerprint density at radius 1 is 1.80 bits per heavy atom. The summed E-state index contributed by atoms with van der Waals surface area (Å²) in [5, 5.41) is 0. The van der Waals surface area contributed by atoms with Crippen molar-refractivity contribution in [2.75, 3.05) is 12.9 Å². The smallest absolute Gasteiger partial charge is 0.0150 e. The highest BCUT2D eigenvalue weighted by Gasteiger charge is 1.82. The molecule has 3 heteroatoms. The summed E-state index contributed by atoms with van der Waals surface area (Å²) in [5.74, 6) is 0. The van der Waals surface area contributed by atoms with Gasteiger partial charge in [-0.2, -0.15) is 0 Å². The molecule has 0 saturated heterocycles. The van der Waals surface area contributed by atoms with E-state index in [9.17, 15) is 0 Å². The highest BCUT2D eigenvalue weighted by atomic mass is 127. The standard InChI is InChI=1S/C2H6IPS/c1-4(3)5-2/h1-2H3. The zero-order valence-corrected chi connectivity index (χ0v) is 7.10. The maximum absolute atomic E-state index is 2.43. The molecule has 32 valence electrons. The molecule has 0 bridgehead atoms. The number of hydrogen-bond acceptors (Lipinski definition) is 1. The van der Waals surface area contributed by atoms with Gasteiger partial charge in [0, 0.05) is 4.77 Å². The third kappa shape index (κ3) is 5.51. The van der Waals surface area contributed by atoms with Gasteiger partial charge in [0.05, 0.1) is 0 Å². The average molecular weight is 220 g/mol. The van der Waals surface area contributed by atoms with E-state index in [2.05, 4.69) is 35.0 Å². The van der Waals surface area contributed by atoms with Crippen molar-refractivity contribution in [3.05, 3.63) is 0 Å².